The molecule has 4 N–H and O–H groups in total. The maximum Gasteiger partial charge on any atom is 0.303 e. The van der Waals surface area contributed by atoms with Gasteiger partial charge in [-0.15, -0.1) is 0 Å². The minimum atomic E-state index is -0.868. The van der Waals surface area contributed by atoms with Crippen LogP contribution in [0, 0.1) is 13.8 Å². The van der Waals surface area contributed by atoms with E-state index in [0.717, 1.165) is 83.9 Å². The van der Waals surface area contributed by atoms with Crippen LogP contribution in [-0.4, -0.2) is 53.1 Å². The van der Waals surface area contributed by atoms with E-state index >= 15 is 0 Å². The molecule has 2 atom stereocenters. The third-order valence-corrected chi connectivity index (χ3v) is 10.0. The average molecular weight is 629 g/mol. The Morgan fingerprint density at radius 3 is 2.09 bits per heavy atom. The predicted molar refractivity (Wildman–Crippen MR) is 182 cm³/mol. The predicted octanol–water partition coefficient (Wildman–Crippen LogP) is 7.78. The average Bonchev–Trinajstić information content (AvgIpc) is 3.49. The van der Waals surface area contributed by atoms with Crippen molar-refractivity contribution in [2.24, 2.45) is 0 Å². The fourth-order valence-electron chi connectivity index (χ4n) is 6.41. The molecule has 228 valence electrons. The van der Waals surface area contributed by atoms with Crippen molar-refractivity contribution < 1.29 is 19.8 Å². The number of aromatic amines is 2. The summed E-state index contributed by atoms with van der Waals surface area (Å²) in [5.74, 6) is -0.682. The van der Waals surface area contributed by atoms with Gasteiger partial charge in [-0.3, -0.25) is 9.59 Å². The van der Waals surface area contributed by atoms with Gasteiger partial charge in [0, 0.05) is 51.2 Å². The van der Waals surface area contributed by atoms with Crippen LogP contribution in [0.1, 0.15) is 90.3 Å². The van der Waals surface area contributed by atoms with Gasteiger partial charge in [-0.2, -0.15) is 24.4 Å². The highest BCUT2D eigenvalue weighted by Crippen LogP contribution is 2.47. The van der Waals surface area contributed by atoms with Crippen LogP contribution in [0.2, 0.25) is 0 Å². The number of carbonyl (C=O) groups is 2. The van der Waals surface area contributed by atoms with Crippen LogP contribution in [0.25, 0.3) is 44.4 Å². The summed E-state index contributed by atoms with van der Waals surface area (Å²) in [5.41, 5.74) is 15.1. The van der Waals surface area contributed by atoms with Crippen molar-refractivity contribution >= 4 is 80.7 Å². The van der Waals surface area contributed by atoms with Gasteiger partial charge >= 0.3 is 11.9 Å². The minimum absolute atomic E-state index is 0.00856. The number of carboxylic acid groups (broad SMARTS) is 2. The molecular formula is C34H36N4O4S2. The molecule has 44 heavy (non-hydrogen) atoms. The zero-order valence-corrected chi connectivity index (χ0v) is 27.2. The van der Waals surface area contributed by atoms with Gasteiger partial charge in [-0.25, -0.2) is 9.97 Å². The first-order valence-electron chi connectivity index (χ1n) is 14.8. The lowest BCUT2D eigenvalue weighted by Gasteiger charge is -2.04. The first kappa shape index (κ1) is 30.3. The number of hydrogen-bond donors (Lipinski definition) is 5. The van der Waals surface area contributed by atoms with Crippen molar-refractivity contribution in [3.05, 3.63) is 69.3 Å². The van der Waals surface area contributed by atoms with Crippen LogP contribution < -0.4 is 0 Å². The molecule has 8 bridgehead atoms. The van der Waals surface area contributed by atoms with Crippen LogP contribution in [0.15, 0.2) is 24.3 Å². The largest absolute Gasteiger partial charge is 0.481 e. The lowest BCUT2D eigenvalue weighted by Crippen LogP contribution is -1.98. The standard InChI is InChI=1S/C34H36N4O4S2/c1-15-20(6-8-31(39)40)26-13-27-21(7-9-32(41)42)16(2)23(36-27)11-29-34(30-14-44-30)18(4)25(38-29)12-28-33(19(5)43)17(3)24(37-28)10-22(15)35-26/h10-13,19,30,35,37,43H,6-9,14H2,1-5H3,(H,39,40)(H,41,42)/t19-,30-/m1/s1. The Balaban J connectivity index is 1.74. The maximum atomic E-state index is 11.6. The molecule has 1 saturated heterocycles. The zero-order chi connectivity index (χ0) is 31.4. The van der Waals surface area contributed by atoms with Gasteiger partial charge in [0.05, 0.1) is 22.8 Å². The molecular weight excluding hydrogens is 593 g/mol. The molecule has 0 aliphatic carbocycles. The van der Waals surface area contributed by atoms with E-state index in [4.69, 9.17) is 22.6 Å². The third-order valence-electron chi connectivity index (χ3n) is 8.89. The Morgan fingerprint density at radius 2 is 1.43 bits per heavy atom. The smallest absolute Gasteiger partial charge is 0.303 e. The van der Waals surface area contributed by atoms with E-state index in [1.807, 2.05) is 37.7 Å². The SMILES string of the molecule is CC1=C(CCC(=O)O)c2cc3[nH]c(cc4[nH]c(cc5nc(cc1n2)C([C@H]1CS1)=C5C)c([C@@H](C)S)c4C)c(C)c3CCC(=O)O. The minimum Gasteiger partial charge on any atom is -0.481 e. The highest BCUT2D eigenvalue weighted by Gasteiger charge is 2.34. The normalized spacial score (nSPS) is 16.9. The Bertz CT molecular complexity index is 1960. The summed E-state index contributed by atoms with van der Waals surface area (Å²) in [7, 11) is 0. The fourth-order valence-corrected chi connectivity index (χ4v) is 7.47. The second kappa shape index (κ2) is 11.6. The van der Waals surface area contributed by atoms with Gasteiger partial charge in [-0.05, 0) is 116 Å². The monoisotopic (exact) mass is 628 g/mol. The molecule has 0 aromatic carbocycles. The number of H-pyrrole nitrogens is 2. The Kier molecular flexibility index (Phi) is 8.00. The third kappa shape index (κ3) is 5.61. The summed E-state index contributed by atoms with van der Waals surface area (Å²) in [6.45, 7) is 10.3. The molecule has 0 unspecified atom stereocenters. The van der Waals surface area contributed by atoms with Crippen LogP contribution in [0.5, 0.6) is 0 Å². The number of nitrogens with zero attached hydrogens (tertiary/aromatic N) is 2. The molecule has 0 saturated carbocycles. The van der Waals surface area contributed by atoms with E-state index < -0.39 is 11.9 Å². The molecule has 3 aromatic rings. The maximum absolute atomic E-state index is 11.6. The number of hydrogen-bond acceptors (Lipinski definition) is 6. The number of allylic oxidation sites excluding steroid dienone is 3. The number of aromatic nitrogens is 4. The highest BCUT2D eigenvalue weighted by atomic mass is 32.2. The summed E-state index contributed by atoms with van der Waals surface area (Å²) in [6, 6.07) is 8.19. The van der Waals surface area contributed by atoms with Crippen molar-refractivity contribution in [3.63, 3.8) is 0 Å². The highest BCUT2D eigenvalue weighted by molar-refractivity contribution is 8.07. The molecule has 10 heteroatoms. The Hall–Kier alpha value is -3.76. The first-order chi connectivity index (χ1) is 20.9. The molecule has 0 amide bonds. The lowest BCUT2D eigenvalue weighted by molar-refractivity contribution is -0.137. The van der Waals surface area contributed by atoms with Crippen molar-refractivity contribution in [2.75, 3.05) is 5.75 Å². The van der Waals surface area contributed by atoms with Crippen LogP contribution in [0.3, 0.4) is 0 Å². The molecule has 0 spiro atoms. The summed E-state index contributed by atoms with van der Waals surface area (Å²) >= 11 is 6.74. The van der Waals surface area contributed by atoms with Crippen molar-refractivity contribution in [2.45, 2.75) is 70.8 Å². The molecule has 6 heterocycles. The van der Waals surface area contributed by atoms with Crippen molar-refractivity contribution in [3.8, 4) is 0 Å². The van der Waals surface area contributed by atoms with Gasteiger partial charge in [0.15, 0.2) is 0 Å². The second-order valence-corrected chi connectivity index (χ2v) is 13.8. The van der Waals surface area contributed by atoms with Gasteiger partial charge in [0.25, 0.3) is 0 Å². The van der Waals surface area contributed by atoms with Gasteiger partial charge in [-0.1, -0.05) is 0 Å². The van der Waals surface area contributed by atoms with E-state index in [0.29, 0.717) is 23.8 Å². The molecule has 0 radical (unpaired) electrons. The summed E-state index contributed by atoms with van der Waals surface area (Å²) in [6.07, 6.45) is 0.664. The van der Waals surface area contributed by atoms with Crippen LogP contribution in [-0.2, 0) is 16.0 Å². The van der Waals surface area contributed by atoms with E-state index in [1.54, 1.807) is 0 Å². The summed E-state index contributed by atoms with van der Waals surface area (Å²) in [4.78, 5) is 40.6. The Labute approximate surface area is 265 Å². The topological polar surface area (TPSA) is 132 Å². The molecule has 6 rings (SSSR count). The number of aryl methyl sites for hydroxylation is 3. The summed E-state index contributed by atoms with van der Waals surface area (Å²) < 4.78 is 0. The van der Waals surface area contributed by atoms with Gasteiger partial charge < -0.3 is 20.2 Å². The van der Waals surface area contributed by atoms with E-state index in [9.17, 15) is 19.8 Å². The van der Waals surface area contributed by atoms with E-state index in [1.165, 1.54) is 5.57 Å². The second-order valence-electron chi connectivity index (χ2n) is 11.8. The van der Waals surface area contributed by atoms with Gasteiger partial charge in [0.2, 0.25) is 0 Å². The molecule has 8 nitrogen and oxygen atoms in total. The number of carboxylic acids is 2. The van der Waals surface area contributed by atoms with Gasteiger partial charge in [0.1, 0.15) is 0 Å². The van der Waals surface area contributed by atoms with Crippen molar-refractivity contribution in [1.82, 2.24) is 19.9 Å². The van der Waals surface area contributed by atoms with E-state index in [-0.39, 0.29) is 18.1 Å². The molecule has 1 fully saturated rings. The molecule has 3 aromatic heterocycles. The lowest BCUT2D eigenvalue weighted by atomic mass is 9.99. The number of rotatable bonds is 8. The quantitative estimate of drug-likeness (QED) is 0.127. The molecule has 3 aliphatic rings. The van der Waals surface area contributed by atoms with Crippen LogP contribution >= 0.6 is 24.4 Å². The number of aliphatic carboxylic acids is 2. The number of nitrogens with one attached hydrogen (secondary N) is 2. The Morgan fingerprint density at radius 1 is 0.841 bits per heavy atom. The van der Waals surface area contributed by atoms with Crippen LogP contribution in [0.4, 0.5) is 0 Å². The molecule has 3 aliphatic heterocycles. The first-order valence-corrected chi connectivity index (χ1v) is 16.4. The van der Waals surface area contributed by atoms with E-state index in [2.05, 4.69) is 42.9 Å². The number of thioether (sulfide) groups is 1. The van der Waals surface area contributed by atoms with Crippen molar-refractivity contribution in [1.29, 1.82) is 0 Å². The zero-order valence-electron chi connectivity index (χ0n) is 25.5. The number of thiol groups is 1. The summed E-state index contributed by atoms with van der Waals surface area (Å²) in [5, 5.41) is 19.4. The number of fused-ring (bicyclic) bond motifs is 8. The fraction of sp³-hybridized carbons (Fsp3) is 0.353.